The van der Waals surface area contributed by atoms with Crippen LogP contribution in [0.15, 0.2) is 30.6 Å². The minimum atomic E-state index is -0.207. The molecule has 0 radical (unpaired) electrons. The van der Waals surface area contributed by atoms with Gasteiger partial charge in [-0.2, -0.15) is 4.98 Å². The van der Waals surface area contributed by atoms with Crippen LogP contribution in [0.4, 0.5) is 15.9 Å². The van der Waals surface area contributed by atoms with Gasteiger partial charge in [0.05, 0.1) is 6.61 Å². The molecule has 1 heterocycles. The fourth-order valence-corrected chi connectivity index (χ4v) is 1.85. The molecular weight excluding hydrogens is 271 g/mol. The first-order chi connectivity index (χ1) is 10.2. The molecule has 0 amide bonds. The summed E-state index contributed by atoms with van der Waals surface area (Å²) in [5, 5.41) is 3.08. The van der Waals surface area contributed by atoms with E-state index in [1.807, 2.05) is 13.0 Å². The molecule has 0 saturated heterocycles. The van der Waals surface area contributed by atoms with E-state index in [1.54, 1.807) is 12.1 Å². The summed E-state index contributed by atoms with van der Waals surface area (Å²) >= 11 is 0. The Kier molecular flexibility index (Phi) is 5.31. The molecule has 0 fully saturated rings. The van der Waals surface area contributed by atoms with Crippen molar-refractivity contribution < 1.29 is 9.13 Å². The van der Waals surface area contributed by atoms with E-state index in [2.05, 4.69) is 15.3 Å². The lowest BCUT2D eigenvalue weighted by Gasteiger charge is -2.11. The second kappa shape index (κ2) is 7.42. The van der Waals surface area contributed by atoms with Crippen LogP contribution in [0.2, 0.25) is 0 Å². The highest BCUT2D eigenvalue weighted by atomic mass is 19.1. The van der Waals surface area contributed by atoms with Gasteiger partial charge in [-0.05, 0) is 24.5 Å². The van der Waals surface area contributed by atoms with Crippen LogP contribution in [-0.2, 0) is 6.42 Å². The normalized spacial score (nSPS) is 10.4. The highest BCUT2D eigenvalue weighted by molar-refractivity contribution is 5.66. The Labute approximate surface area is 123 Å². The van der Waals surface area contributed by atoms with E-state index in [0.29, 0.717) is 42.5 Å². The molecule has 112 valence electrons. The van der Waals surface area contributed by atoms with Crippen LogP contribution in [0.25, 0.3) is 0 Å². The number of benzene rings is 1. The first-order valence-electron chi connectivity index (χ1n) is 6.93. The van der Waals surface area contributed by atoms with Gasteiger partial charge in [0.25, 0.3) is 0 Å². The summed E-state index contributed by atoms with van der Waals surface area (Å²) in [5.41, 5.74) is 6.97. The minimum absolute atomic E-state index is 0.207. The lowest BCUT2D eigenvalue weighted by Crippen LogP contribution is -2.11. The van der Waals surface area contributed by atoms with E-state index in [1.165, 1.54) is 12.4 Å². The van der Waals surface area contributed by atoms with Gasteiger partial charge in [-0.15, -0.1) is 0 Å². The van der Waals surface area contributed by atoms with Crippen molar-refractivity contribution in [1.82, 2.24) is 9.97 Å². The van der Waals surface area contributed by atoms with Crippen molar-refractivity contribution in [2.75, 3.05) is 24.2 Å². The first-order valence-corrected chi connectivity index (χ1v) is 6.93. The van der Waals surface area contributed by atoms with Crippen molar-refractivity contribution in [2.45, 2.75) is 19.8 Å². The van der Waals surface area contributed by atoms with E-state index in [9.17, 15) is 4.39 Å². The second-order valence-electron chi connectivity index (χ2n) is 4.56. The standard InChI is InChI=1S/C15H19FN4O/c1-2-9-21-15-13(17)14(19-10-20-15)18-8-7-11-5-3-4-6-12(11)16/h3-6,10H,2,7-9,17H2,1H3,(H,18,19,20). The molecule has 0 aliphatic carbocycles. The monoisotopic (exact) mass is 290 g/mol. The highest BCUT2D eigenvalue weighted by Crippen LogP contribution is 2.24. The van der Waals surface area contributed by atoms with Gasteiger partial charge < -0.3 is 15.8 Å². The van der Waals surface area contributed by atoms with Crippen molar-refractivity contribution in [3.8, 4) is 5.88 Å². The summed E-state index contributed by atoms with van der Waals surface area (Å²) in [6.45, 7) is 3.08. The van der Waals surface area contributed by atoms with Gasteiger partial charge in [-0.3, -0.25) is 0 Å². The maximum absolute atomic E-state index is 13.5. The van der Waals surface area contributed by atoms with Gasteiger partial charge in [0, 0.05) is 6.54 Å². The largest absolute Gasteiger partial charge is 0.476 e. The summed E-state index contributed by atoms with van der Waals surface area (Å²) < 4.78 is 18.9. The summed E-state index contributed by atoms with van der Waals surface area (Å²) in [5.74, 6) is 0.676. The van der Waals surface area contributed by atoms with Gasteiger partial charge in [-0.1, -0.05) is 25.1 Å². The van der Waals surface area contributed by atoms with Crippen LogP contribution >= 0.6 is 0 Å². The number of nitrogens with two attached hydrogens (primary N) is 1. The summed E-state index contributed by atoms with van der Waals surface area (Å²) in [7, 11) is 0. The summed E-state index contributed by atoms with van der Waals surface area (Å²) in [6.07, 6.45) is 2.81. The second-order valence-corrected chi connectivity index (χ2v) is 4.56. The molecule has 3 N–H and O–H groups in total. The number of rotatable bonds is 7. The first kappa shape index (κ1) is 15.0. The molecule has 5 nitrogen and oxygen atoms in total. The Morgan fingerprint density at radius 1 is 1.29 bits per heavy atom. The van der Waals surface area contributed by atoms with E-state index in [4.69, 9.17) is 10.5 Å². The number of nitrogens with zero attached hydrogens (tertiary/aromatic N) is 2. The molecule has 0 saturated carbocycles. The topological polar surface area (TPSA) is 73.1 Å². The Balaban J connectivity index is 1.95. The van der Waals surface area contributed by atoms with Crippen LogP contribution in [0, 0.1) is 5.82 Å². The van der Waals surface area contributed by atoms with Gasteiger partial charge in [0.2, 0.25) is 5.88 Å². The number of anilines is 2. The molecule has 2 rings (SSSR count). The van der Waals surface area contributed by atoms with Gasteiger partial charge in [-0.25, -0.2) is 9.37 Å². The molecule has 21 heavy (non-hydrogen) atoms. The third-order valence-electron chi connectivity index (χ3n) is 2.93. The van der Waals surface area contributed by atoms with Crippen molar-refractivity contribution in [3.05, 3.63) is 42.0 Å². The van der Waals surface area contributed by atoms with Gasteiger partial charge >= 0.3 is 0 Å². The van der Waals surface area contributed by atoms with E-state index >= 15 is 0 Å². The lowest BCUT2D eigenvalue weighted by molar-refractivity contribution is 0.306. The maximum atomic E-state index is 13.5. The molecule has 1 aromatic carbocycles. The Morgan fingerprint density at radius 3 is 2.86 bits per heavy atom. The SMILES string of the molecule is CCCOc1ncnc(NCCc2ccccc2F)c1N. The van der Waals surface area contributed by atoms with E-state index < -0.39 is 0 Å². The smallest absolute Gasteiger partial charge is 0.242 e. The number of ether oxygens (including phenoxy) is 1. The van der Waals surface area contributed by atoms with Crippen molar-refractivity contribution in [3.63, 3.8) is 0 Å². The summed E-state index contributed by atoms with van der Waals surface area (Å²) in [6, 6.07) is 6.70. The number of hydrogen-bond donors (Lipinski definition) is 2. The zero-order valence-electron chi connectivity index (χ0n) is 12.0. The minimum Gasteiger partial charge on any atom is -0.476 e. The molecule has 2 aromatic rings. The molecule has 0 aliphatic heterocycles. The molecule has 0 atom stereocenters. The number of nitrogen functional groups attached to an aromatic ring is 1. The van der Waals surface area contributed by atoms with Crippen LogP contribution in [0.1, 0.15) is 18.9 Å². The van der Waals surface area contributed by atoms with Crippen molar-refractivity contribution in [2.24, 2.45) is 0 Å². The number of halogens is 1. The Morgan fingerprint density at radius 2 is 2.10 bits per heavy atom. The van der Waals surface area contributed by atoms with Crippen molar-refractivity contribution in [1.29, 1.82) is 0 Å². The van der Waals surface area contributed by atoms with Crippen LogP contribution in [0.5, 0.6) is 5.88 Å². The van der Waals surface area contributed by atoms with Crippen LogP contribution < -0.4 is 15.8 Å². The zero-order valence-corrected chi connectivity index (χ0v) is 12.0. The lowest BCUT2D eigenvalue weighted by atomic mass is 10.1. The average Bonchev–Trinajstić information content (AvgIpc) is 2.49. The van der Waals surface area contributed by atoms with Crippen LogP contribution in [0.3, 0.4) is 0 Å². The molecule has 0 aliphatic rings. The Hall–Kier alpha value is -2.37. The van der Waals surface area contributed by atoms with Crippen LogP contribution in [-0.4, -0.2) is 23.1 Å². The molecule has 0 unspecified atom stereocenters. The zero-order chi connectivity index (χ0) is 15.1. The van der Waals surface area contributed by atoms with E-state index in [-0.39, 0.29) is 5.82 Å². The molecule has 0 bridgehead atoms. The Bertz CT molecular complexity index is 592. The molecule has 6 heteroatoms. The molecule has 0 spiro atoms. The van der Waals surface area contributed by atoms with Crippen molar-refractivity contribution >= 4 is 11.5 Å². The predicted octanol–water partition coefficient (Wildman–Crippen LogP) is 2.64. The highest BCUT2D eigenvalue weighted by Gasteiger charge is 2.09. The summed E-state index contributed by atoms with van der Waals surface area (Å²) in [4.78, 5) is 8.08. The third-order valence-corrected chi connectivity index (χ3v) is 2.93. The maximum Gasteiger partial charge on any atom is 0.242 e. The molecule has 1 aromatic heterocycles. The molecular formula is C15H19FN4O. The fourth-order valence-electron chi connectivity index (χ4n) is 1.85. The number of hydrogen-bond acceptors (Lipinski definition) is 5. The van der Waals surface area contributed by atoms with Gasteiger partial charge in [0.1, 0.15) is 17.8 Å². The average molecular weight is 290 g/mol. The number of aromatic nitrogens is 2. The number of nitrogens with one attached hydrogen (secondary N) is 1. The quantitative estimate of drug-likeness (QED) is 0.820. The third kappa shape index (κ3) is 4.05. The van der Waals surface area contributed by atoms with Gasteiger partial charge in [0.15, 0.2) is 5.82 Å². The van der Waals surface area contributed by atoms with E-state index in [0.717, 1.165) is 6.42 Å². The fraction of sp³-hybridized carbons (Fsp3) is 0.333. The predicted molar refractivity (Wildman–Crippen MR) is 80.8 cm³/mol.